The fourth-order valence-corrected chi connectivity index (χ4v) is 5.23. The Bertz CT molecular complexity index is 562. The molecule has 0 N–H and O–H groups in total. The van der Waals surface area contributed by atoms with Crippen LogP contribution in [0, 0.1) is 16.0 Å². The Hall–Kier alpha value is -1.71. The van der Waals surface area contributed by atoms with Crippen LogP contribution in [0.5, 0.6) is 5.75 Å². The second kappa shape index (κ2) is 8.66. The topological polar surface area (TPSA) is 95.7 Å². The van der Waals surface area contributed by atoms with Gasteiger partial charge in [0.15, 0.2) is 0 Å². The summed E-state index contributed by atoms with van der Waals surface area (Å²) in [5.41, 5.74) is 0.127. The van der Waals surface area contributed by atoms with E-state index in [-0.39, 0.29) is 23.3 Å². The van der Waals surface area contributed by atoms with Gasteiger partial charge in [-0.2, -0.15) is 0 Å². The van der Waals surface area contributed by atoms with Gasteiger partial charge in [0.1, 0.15) is 0 Å². The molecule has 0 spiro atoms. The van der Waals surface area contributed by atoms with Crippen molar-refractivity contribution in [2.45, 2.75) is 13.8 Å². The van der Waals surface area contributed by atoms with Crippen molar-refractivity contribution in [3.05, 3.63) is 33.9 Å². The molecule has 0 aliphatic carbocycles. The number of esters is 1. The molecule has 0 aliphatic heterocycles. The van der Waals surface area contributed by atoms with Gasteiger partial charge < -0.3 is 0 Å². The molecule has 1 unspecified atom stereocenters. The second-order valence-corrected chi connectivity index (χ2v) is 8.87. The number of carbonyl (C=O) groups is 2. The zero-order valence-corrected chi connectivity index (χ0v) is 14.7. The van der Waals surface area contributed by atoms with E-state index in [1.165, 1.54) is 18.2 Å². The van der Waals surface area contributed by atoms with Crippen molar-refractivity contribution in [1.29, 1.82) is 0 Å². The van der Waals surface area contributed by atoms with Crippen LogP contribution in [0.15, 0.2) is 18.2 Å². The van der Waals surface area contributed by atoms with E-state index in [0.29, 0.717) is 22.9 Å². The number of aldehydes is 1. The number of alkyl halides is 2. The molecule has 0 amide bonds. The van der Waals surface area contributed by atoms with Gasteiger partial charge in [-0.15, -0.1) is 0 Å². The predicted octanol–water partition coefficient (Wildman–Crippen LogP) is 3.04. The second-order valence-electron chi connectivity index (χ2n) is 4.52. The Kier molecular flexibility index (Phi) is 7.22. The van der Waals surface area contributed by atoms with Crippen LogP contribution < -0.4 is 3.07 Å². The number of rotatable bonds is 8. The number of nitro groups is 1. The Balaban J connectivity index is 2.82. The van der Waals surface area contributed by atoms with Gasteiger partial charge in [-0.25, -0.2) is 0 Å². The summed E-state index contributed by atoms with van der Waals surface area (Å²) in [4.78, 5) is 34.7. The summed E-state index contributed by atoms with van der Waals surface area (Å²) in [5.74, 6) is -0.534. The third kappa shape index (κ3) is 5.24. The Morgan fingerprint density at radius 3 is 2.73 bits per heavy atom. The van der Waals surface area contributed by atoms with Gasteiger partial charge in [0.2, 0.25) is 0 Å². The minimum atomic E-state index is -2.07. The van der Waals surface area contributed by atoms with E-state index in [1.807, 2.05) is 4.93 Å². The first-order valence-corrected chi connectivity index (χ1v) is 11.1. The molecule has 0 aliphatic rings. The molecule has 1 rings (SSSR count). The van der Waals surface area contributed by atoms with Crippen molar-refractivity contribution in [3.63, 3.8) is 0 Å². The number of nitro benzene ring substituents is 1. The van der Waals surface area contributed by atoms with Gasteiger partial charge in [0.25, 0.3) is 0 Å². The maximum absolute atomic E-state index is 11.6. The fourth-order valence-electron chi connectivity index (χ4n) is 1.66. The van der Waals surface area contributed by atoms with Crippen molar-refractivity contribution < 1.29 is 22.3 Å². The number of halogens is 1. The van der Waals surface area contributed by atoms with E-state index in [9.17, 15) is 19.7 Å². The van der Waals surface area contributed by atoms with Crippen LogP contribution in [0.2, 0.25) is 0 Å². The molecule has 0 fully saturated rings. The summed E-state index contributed by atoms with van der Waals surface area (Å²) in [6.45, 7) is 3.79. The molecular formula is C14H18INO6. The molecule has 0 saturated heterocycles. The summed E-state index contributed by atoms with van der Waals surface area (Å²) in [5, 5.41) is 11.0. The van der Waals surface area contributed by atoms with Crippen LogP contribution in [0.3, 0.4) is 0 Å². The van der Waals surface area contributed by atoms with Gasteiger partial charge in [-0.3, -0.25) is 0 Å². The fraction of sp³-hybridized carbons (Fsp3) is 0.429. The quantitative estimate of drug-likeness (QED) is 0.159. The third-order valence-corrected chi connectivity index (χ3v) is 6.46. The van der Waals surface area contributed by atoms with Crippen LogP contribution in [0.1, 0.15) is 24.2 Å². The van der Waals surface area contributed by atoms with Crippen molar-refractivity contribution in [3.8, 4) is 5.75 Å². The molecule has 0 bridgehead atoms. The molecule has 7 nitrogen and oxygen atoms in total. The Morgan fingerprint density at radius 1 is 1.50 bits per heavy atom. The van der Waals surface area contributed by atoms with Gasteiger partial charge in [0.05, 0.1) is 0 Å². The molecule has 0 heterocycles. The number of benzene rings is 1. The molecule has 22 heavy (non-hydrogen) atoms. The molecule has 0 aromatic heterocycles. The average Bonchev–Trinajstić information content (AvgIpc) is 2.46. The molecule has 1 atom stereocenters. The van der Waals surface area contributed by atoms with E-state index in [1.54, 1.807) is 13.8 Å². The zero-order chi connectivity index (χ0) is 16.7. The first kappa shape index (κ1) is 18.3. The SMILES string of the molecule is CCOC(=O)C(C)CI(C)Oc1cc(C=O)ccc1[N+](=O)[O-]. The summed E-state index contributed by atoms with van der Waals surface area (Å²) >= 11 is -2.07. The first-order chi connectivity index (χ1) is 10.4. The molecule has 1 aromatic carbocycles. The van der Waals surface area contributed by atoms with Gasteiger partial charge in [-0.05, 0) is 0 Å². The van der Waals surface area contributed by atoms with E-state index in [4.69, 9.17) is 7.80 Å². The standard InChI is InChI=1S/C14H18INO6/c1-4-21-14(18)10(2)8-15(3)22-13-7-11(9-17)5-6-12(13)16(19)20/h5-7,9-10H,4,8H2,1-3H3. The van der Waals surface area contributed by atoms with Crippen molar-refractivity contribution in [2.24, 2.45) is 5.92 Å². The van der Waals surface area contributed by atoms with Crippen LogP contribution in [0.4, 0.5) is 5.69 Å². The van der Waals surface area contributed by atoms with Gasteiger partial charge >= 0.3 is 136 Å². The van der Waals surface area contributed by atoms with Crippen LogP contribution in [-0.4, -0.2) is 33.1 Å². The Morgan fingerprint density at radius 2 is 2.18 bits per heavy atom. The zero-order valence-electron chi connectivity index (χ0n) is 12.6. The number of ether oxygens (including phenoxy) is 1. The summed E-state index contributed by atoms with van der Waals surface area (Å²) in [6.07, 6.45) is 0.603. The molecule has 8 heteroatoms. The molecule has 0 saturated carbocycles. The number of nitrogens with zero attached hydrogens (tertiary/aromatic N) is 1. The average molecular weight is 423 g/mol. The number of hydrogen-bond acceptors (Lipinski definition) is 6. The molecular weight excluding hydrogens is 405 g/mol. The molecule has 0 radical (unpaired) electrons. The van der Waals surface area contributed by atoms with Crippen LogP contribution >= 0.6 is 20.2 Å². The van der Waals surface area contributed by atoms with Crippen LogP contribution in [0.25, 0.3) is 0 Å². The van der Waals surface area contributed by atoms with Gasteiger partial charge in [-0.1, -0.05) is 0 Å². The van der Waals surface area contributed by atoms with Crippen molar-refractivity contribution in [1.82, 2.24) is 0 Å². The maximum atomic E-state index is 11.6. The van der Waals surface area contributed by atoms with Crippen molar-refractivity contribution >= 4 is 38.2 Å². The first-order valence-electron chi connectivity index (χ1n) is 6.53. The molecule has 122 valence electrons. The summed E-state index contributed by atoms with van der Waals surface area (Å²) in [7, 11) is 0. The predicted molar refractivity (Wildman–Crippen MR) is 89.7 cm³/mol. The van der Waals surface area contributed by atoms with Gasteiger partial charge in [0, 0.05) is 0 Å². The summed E-state index contributed by atoms with van der Waals surface area (Å²) in [6, 6.07) is 3.97. The van der Waals surface area contributed by atoms with E-state index in [0.717, 1.165) is 0 Å². The van der Waals surface area contributed by atoms with E-state index in [2.05, 4.69) is 0 Å². The van der Waals surface area contributed by atoms with E-state index < -0.39 is 25.2 Å². The Labute approximate surface area is 136 Å². The monoisotopic (exact) mass is 423 g/mol. The molecule has 1 aromatic rings. The number of carbonyl (C=O) groups excluding carboxylic acids is 2. The minimum absolute atomic E-state index is 0.0818. The number of hydrogen-bond donors (Lipinski definition) is 0. The van der Waals surface area contributed by atoms with Crippen LogP contribution in [-0.2, 0) is 9.53 Å². The van der Waals surface area contributed by atoms with E-state index >= 15 is 0 Å². The normalized spacial score (nSPS) is 12.2. The van der Waals surface area contributed by atoms with Crippen molar-refractivity contribution in [2.75, 3.05) is 16.0 Å². The third-order valence-electron chi connectivity index (χ3n) is 2.67. The summed E-state index contributed by atoms with van der Waals surface area (Å²) < 4.78 is 11.1.